The predicted molar refractivity (Wildman–Crippen MR) is 126 cm³/mol. The van der Waals surface area contributed by atoms with Crippen molar-refractivity contribution in [1.82, 2.24) is 4.90 Å². The molecule has 5 nitrogen and oxygen atoms in total. The molecule has 2 amide bonds. The minimum absolute atomic E-state index is 0.121. The molecule has 4 rings (SSSR count). The molecule has 0 radical (unpaired) electrons. The average molecular weight is 464 g/mol. The summed E-state index contributed by atoms with van der Waals surface area (Å²) in [5.41, 5.74) is 2.94. The zero-order valence-corrected chi connectivity index (χ0v) is 18.7. The molecule has 3 aromatic carbocycles. The molecule has 1 heterocycles. The third-order valence-corrected chi connectivity index (χ3v) is 6.11. The molecule has 0 saturated carbocycles. The van der Waals surface area contributed by atoms with Crippen LogP contribution in [-0.2, 0) is 11.3 Å². The number of esters is 1. The Balaban J connectivity index is 1.44. The molecule has 1 aliphatic heterocycles. The van der Waals surface area contributed by atoms with E-state index in [9.17, 15) is 14.4 Å². The normalized spacial score (nSPS) is 14.8. The first kappa shape index (κ1) is 21.9. The van der Waals surface area contributed by atoms with E-state index in [1.807, 2.05) is 25.1 Å². The van der Waals surface area contributed by atoms with E-state index in [0.717, 1.165) is 17.3 Å². The van der Waals surface area contributed by atoms with Crippen molar-refractivity contribution in [2.45, 2.75) is 13.5 Å². The van der Waals surface area contributed by atoms with Gasteiger partial charge in [0.05, 0.1) is 17.0 Å². The van der Waals surface area contributed by atoms with Gasteiger partial charge in [-0.05, 0) is 66.2 Å². The van der Waals surface area contributed by atoms with Crippen LogP contribution < -0.4 is 4.74 Å². The lowest BCUT2D eigenvalue weighted by Crippen LogP contribution is -2.27. The Hall–Kier alpha value is -3.35. The second-order valence-electron chi connectivity index (χ2n) is 7.18. The number of thioether (sulfide) groups is 1. The van der Waals surface area contributed by atoms with Crippen LogP contribution in [0.25, 0.3) is 6.08 Å². The number of benzene rings is 3. The summed E-state index contributed by atoms with van der Waals surface area (Å²) >= 11 is 7.04. The number of rotatable bonds is 5. The van der Waals surface area contributed by atoms with E-state index in [0.29, 0.717) is 32.4 Å². The van der Waals surface area contributed by atoms with Gasteiger partial charge in [-0.15, -0.1) is 0 Å². The Morgan fingerprint density at radius 3 is 2.38 bits per heavy atom. The standard InChI is InChI=1S/C25H18ClNO4S/c1-16-6-10-18(11-7-16)24(29)31-20-12-8-17(9-13-20)14-22-23(28)27(25(30)32-22)15-19-4-2-3-5-21(19)26/h2-14H,15H2,1H3/b22-14-. The molecule has 1 fully saturated rings. The number of amides is 2. The fraction of sp³-hybridized carbons (Fsp3) is 0.0800. The number of halogens is 1. The highest BCUT2D eigenvalue weighted by Crippen LogP contribution is 2.34. The van der Waals surface area contributed by atoms with Gasteiger partial charge in [-0.25, -0.2) is 4.79 Å². The van der Waals surface area contributed by atoms with Gasteiger partial charge in [-0.1, -0.05) is 59.6 Å². The zero-order valence-electron chi connectivity index (χ0n) is 17.1. The highest BCUT2D eigenvalue weighted by molar-refractivity contribution is 8.18. The minimum atomic E-state index is -0.446. The van der Waals surface area contributed by atoms with Gasteiger partial charge in [-0.3, -0.25) is 14.5 Å². The lowest BCUT2D eigenvalue weighted by molar-refractivity contribution is -0.123. The number of aryl methyl sites for hydroxylation is 1. The maximum Gasteiger partial charge on any atom is 0.343 e. The van der Waals surface area contributed by atoms with Gasteiger partial charge in [-0.2, -0.15) is 0 Å². The summed E-state index contributed by atoms with van der Waals surface area (Å²) in [5, 5.41) is 0.163. The van der Waals surface area contributed by atoms with E-state index in [4.69, 9.17) is 16.3 Å². The Morgan fingerprint density at radius 1 is 1.00 bits per heavy atom. The van der Waals surface area contributed by atoms with Gasteiger partial charge < -0.3 is 4.74 Å². The van der Waals surface area contributed by atoms with E-state index in [-0.39, 0.29) is 17.7 Å². The smallest absolute Gasteiger partial charge is 0.343 e. The molecule has 3 aromatic rings. The zero-order chi connectivity index (χ0) is 22.7. The molecule has 0 aromatic heterocycles. The van der Waals surface area contributed by atoms with E-state index in [2.05, 4.69) is 0 Å². The number of carbonyl (C=O) groups excluding carboxylic acids is 3. The molecule has 0 atom stereocenters. The fourth-order valence-electron chi connectivity index (χ4n) is 3.07. The van der Waals surface area contributed by atoms with Crippen molar-refractivity contribution in [3.8, 4) is 5.75 Å². The molecule has 0 aliphatic carbocycles. The van der Waals surface area contributed by atoms with Crippen LogP contribution in [0.15, 0.2) is 77.7 Å². The largest absolute Gasteiger partial charge is 0.423 e. The molecule has 0 N–H and O–H groups in total. The summed E-state index contributed by atoms with van der Waals surface area (Å²) in [6.07, 6.45) is 1.64. The number of hydrogen-bond acceptors (Lipinski definition) is 5. The Bertz CT molecular complexity index is 1220. The van der Waals surface area contributed by atoms with Crippen LogP contribution in [0.2, 0.25) is 5.02 Å². The van der Waals surface area contributed by atoms with Crippen LogP contribution in [0.4, 0.5) is 4.79 Å². The summed E-state index contributed by atoms with van der Waals surface area (Å²) < 4.78 is 5.39. The molecule has 160 valence electrons. The van der Waals surface area contributed by atoms with Crippen molar-refractivity contribution >= 4 is 46.6 Å². The van der Waals surface area contributed by atoms with Crippen molar-refractivity contribution in [3.05, 3.63) is 105 Å². The molecule has 32 heavy (non-hydrogen) atoms. The number of hydrogen-bond donors (Lipinski definition) is 0. The quantitative estimate of drug-likeness (QED) is 0.260. The number of ether oxygens (including phenoxy) is 1. The van der Waals surface area contributed by atoms with Gasteiger partial charge in [0.2, 0.25) is 0 Å². The van der Waals surface area contributed by atoms with Crippen molar-refractivity contribution in [3.63, 3.8) is 0 Å². The van der Waals surface area contributed by atoms with E-state index in [1.165, 1.54) is 4.90 Å². The second kappa shape index (κ2) is 9.42. The molecule has 1 saturated heterocycles. The molecular weight excluding hydrogens is 446 g/mol. The number of carbonyl (C=O) groups is 3. The van der Waals surface area contributed by atoms with E-state index < -0.39 is 5.97 Å². The maximum atomic E-state index is 12.7. The predicted octanol–water partition coefficient (Wildman–Crippen LogP) is 6.10. The summed E-state index contributed by atoms with van der Waals surface area (Å²) in [4.78, 5) is 38.8. The third-order valence-electron chi connectivity index (χ3n) is 4.84. The number of nitrogens with zero attached hydrogens (tertiary/aromatic N) is 1. The van der Waals surface area contributed by atoms with Gasteiger partial charge in [0.25, 0.3) is 11.1 Å². The van der Waals surface area contributed by atoms with Crippen molar-refractivity contribution in [1.29, 1.82) is 0 Å². The Labute approximate surface area is 194 Å². The Morgan fingerprint density at radius 2 is 1.69 bits per heavy atom. The van der Waals surface area contributed by atoms with Crippen LogP contribution in [0.5, 0.6) is 5.75 Å². The van der Waals surface area contributed by atoms with Crippen LogP contribution in [-0.4, -0.2) is 22.0 Å². The van der Waals surface area contributed by atoms with Crippen LogP contribution in [0.1, 0.15) is 27.0 Å². The molecule has 0 spiro atoms. The first-order valence-corrected chi connectivity index (χ1v) is 11.0. The SMILES string of the molecule is Cc1ccc(C(=O)Oc2ccc(/C=C3\SC(=O)N(Cc4ccccc4Cl)C3=O)cc2)cc1. The maximum absolute atomic E-state index is 12.7. The molecular formula is C25H18ClNO4S. The fourth-order valence-corrected chi connectivity index (χ4v) is 4.11. The summed E-state index contributed by atoms with van der Waals surface area (Å²) in [6.45, 7) is 2.06. The lowest BCUT2D eigenvalue weighted by Gasteiger charge is -2.13. The van der Waals surface area contributed by atoms with Crippen LogP contribution >= 0.6 is 23.4 Å². The van der Waals surface area contributed by atoms with Crippen molar-refractivity contribution in [2.24, 2.45) is 0 Å². The molecule has 1 aliphatic rings. The van der Waals surface area contributed by atoms with E-state index >= 15 is 0 Å². The van der Waals surface area contributed by atoms with Gasteiger partial charge in [0, 0.05) is 5.02 Å². The summed E-state index contributed by atoms with van der Waals surface area (Å²) in [6, 6.07) is 21.0. The van der Waals surface area contributed by atoms with Crippen LogP contribution in [0.3, 0.4) is 0 Å². The van der Waals surface area contributed by atoms with Gasteiger partial charge in [0.15, 0.2) is 0 Å². The summed E-state index contributed by atoms with van der Waals surface area (Å²) in [5.74, 6) is -0.423. The molecule has 0 bridgehead atoms. The van der Waals surface area contributed by atoms with Gasteiger partial charge in [0.1, 0.15) is 5.75 Å². The molecule has 0 unspecified atom stereocenters. The van der Waals surface area contributed by atoms with Crippen LogP contribution in [0, 0.1) is 6.92 Å². The topological polar surface area (TPSA) is 63.7 Å². The van der Waals surface area contributed by atoms with Crippen molar-refractivity contribution < 1.29 is 19.1 Å². The highest BCUT2D eigenvalue weighted by atomic mass is 35.5. The lowest BCUT2D eigenvalue weighted by atomic mass is 10.1. The van der Waals surface area contributed by atoms with Gasteiger partial charge >= 0.3 is 5.97 Å². The summed E-state index contributed by atoms with van der Waals surface area (Å²) in [7, 11) is 0. The average Bonchev–Trinajstić information content (AvgIpc) is 3.04. The minimum Gasteiger partial charge on any atom is -0.423 e. The third kappa shape index (κ3) is 4.93. The highest BCUT2D eigenvalue weighted by Gasteiger charge is 2.35. The molecule has 7 heteroatoms. The second-order valence-corrected chi connectivity index (χ2v) is 8.58. The van der Waals surface area contributed by atoms with Crippen molar-refractivity contribution in [2.75, 3.05) is 0 Å². The van der Waals surface area contributed by atoms with E-state index in [1.54, 1.807) is 60.7 Å². The first-order chi connectivity index (χ1) is 15.4. The monoisotopic (exact) mass is 463 g/mol. The number of imide groups is 1. The Kier molecular flexibility index (Phi) is 6.44. The first-order valence-electron chi connectivity index (χ1n) is 9.78.